The number of carbonyl (C=O) groups excluding carboxylic acids is 1. The molecule has 1 saturated carbocycles. The van der Waals surface area contributed by atoms with Gasteiger partial charge >= 0.3 is 6.09 Å². The van der Waals surface area contributed by atoms with Crippen LogP contribution in [0.4, 0.5) is 4.79 Å². The maximum atomic E-state index is 11.9. The molecule has 2 N–H and O–H groups in total. The summed E-state index contributed by atoms with van der Waals surface area (Å²) in [5.41, 5.74) is 5.83. The first kappa shape index (κ1) is 16.3. The second-order valence-electron chi connectivity index (χ2n) is 5.71. The molecule has 4 nitrogen and oxygen atoms in total. The van der Waals surface area contributed by atoms with Gasteiger partial charge in [-0.2, -0.15) is 0 Å². The molecular weight excluding hydrogens is 240 g/mol. The highest BCUT2D eigenvalue weighted by molar-refractivity contribution is 5.67. The molecule has 0 saturated heterocycles. The first-order valence-corrected chi connectivity index (χ1v) is 7.78. The van der Waals surface area contributed by atoms with Crippen LogP contribution >= 0.6 is 0 Å². The van der Waals surface area contributed by atoms with Gasteiger partial charge in [-0.25, -0.2) is 4.79 Å². The smallest absolute Gasteiger partial charge is 0.409 e. The van der Waals surface area contributed by atoms with E-state index in [0.717, 1.165) is 25.2 Å². The Morgan fingerprint density at radius 3 is 2.63 bits per heavy atom. The normalized spacial score (nSPS) is 18.1. The molecule has 1 rings (SSSR count). The molecule has 0 spiro atoms. The number of nitrogens with two attached hydrogens (primary N) is 1. The average Bonchev–Trinajstić information content (AvgIpc) is 2.45. The van der Waals surface area contributed by atoms with E-state index in [1.165, 1.54) is 32.1 Å². The van der Waals surface area contributed by atoms with Crippen LogP contribution in [0.1, 0.15) is 58.3 Å². The van der Waals surface area contributed by atoms with Crippen LogP contribution in [0.25, 0.3) is 0 Å². The molecule has 112 valence electrons. The molecule has 4 heteroatoms. The summed E-state index contributed by atoms with van der Waals surface area (Å²) in [6, 6.07) is 0.122. The summed E-state index contributed by atoms with van der Waals surface area (Å²) in [4.78, 5) is 13.6. The molecule has 0 aliphatic heterocycles. The topological polar surface area (TPSA) is 55.6 Å². The van der Waals surface area contributed by atoms with Gasteiger partial charge in [0.1, 0.15) is 0 Å². The monoisotopic (exact) mass is 270 g/mol. The van der Waals surface area contributed by atoms with Crippen molar-refractivity contribution in [2.75, 3.05) is 20.2 Å². The Morgan fingerprint density at radius 1 is 1.37 bits per heavy atom. The van der Waals surface area contributed by atoms with Gasteiger partial charge in [0.05, 0.1) is 6.61 Å². The predicted octanol–water partition coefficient (Wildman–Crippen LogP) is 3.15. The Bertz CT molecular complexity index is 253. The van der Waals surface area contributed by atoms with Gasteiger partial charge in [-0.3, -0.25) is 0 Å². The van der Waals surface area contributed by atoms with Crippen molar-refractivity contribution in [1.82, 2.24) is 4.90 Å². The zero-order valence-corrected chi connectivity index (χ0v) is 12.6. The van der Waals surface area contributed by atoms with Crippen LogP contribution in [0.5, 0.6) is 0 Å². The van der Waals surface area contributed by atoms with E-state index in [4.69, 9.17) is 10.5 Å². The zero-order chi connectivity index (χ0) is 14.1. The highest BCUT2D eigenvalue weighted by Crippen LogP contribution is 2.28. The molecule has 0 aromatic heterocycles. The predicted molar refractivity (Wildman–Crippen MR) is 78.1 cm³/mol. The quantitative estimate of drug-likeness (QED) is 0.723. The standard InChI is InChI=1S/C15H30N2O2/c1-3-4-10-19-15(18)17(2)14(12-16)11-13-8-6-5-7-9-13/h13-14H,3-12,16H2,1-2H3/t14-/m0/s1. The summed E-state index contributed by atoms with van der Waals surface area (Å²) in [6.45, 7) is 3.12. The van der Waals surface area contributed by atoms with E-state index in [0.29, 0.717) is 13.2 Å². The number of amides is 1. The van der Waals surface area contributed by atoms with E-state index in [9.17, 15) is 4.79 Å². The fourth-order valence-electron chi connectivity index (χ4n) is 2.77. The lowest BCUT2D eigenvalue weighted by Crippen LogP contribution is -2.43. The van der Waals surface area contributed by atoms with Crippen molar-refractivity contribution in [2.45, 2.75) is 64.3 Å². The molecule has 1 fully saturated rings. The van der Waals surface area contributed by atoms with Crippen LogP contribution in [0.2, 0.25) is 0 Å². The lowest BCUT2D eigenvalue weighted by atomic mass is 9.84. The Kier molecular flexibility index (Phi) is 7.87. The van der Waals surface area contributed by atoms with Crippen molar-refractivity contribution >= 4 is 6.09 Å². The molecule has 1 atom stereocenters. The van der Waals surface area contributed by atoms with Gasteiger partial charge in [-0.05, 0) is 18.8 Å². The van der Waals surface area contributed by atoms with Gasteiger partial charge in [0.2, 0.25) is 0 Å². The van der Waals surface area contributed by atoms with Crippen molar-refractivity contribution in [3.63, 3.8) is 0 Å². The van der Waals surface area contributed by atoms with Gasteiger partial charge < -0.3 is 15.4 Å². The fraction of sp³-hybridized carbons (Fsp3) is 0.933. The molecule has 1 aliphatic rings. The Balaban J connectivity index is 2.36. The first-order valence-electron chi connectivity index (χ1n) is 7.78. The molecule has 0 aromatic rings. The van der Waals surface area contributed by atoms with Crippen molar-refractivity contribution in [1.29, 1.82) is 0 Å². The average molecular weight is 270 g/mol. The third-order valence-corrected chi connectivity index (χ3v) is 4.16. The minimum Gasteiger partial charge on any atom is -0.449 e. The Labute approximate surface area is 117 Å². The first-order chi connectivity index (χ1) is 9.19. The second-order valence-corrected chi connectivity index (χ2v) is 5.71. The van der Waals surface area contributed by atoms with Crippen LogP contribution in [0, 0.1) is 5.92 Å². The van der Waals surface area contributed by atoms with Gasteiger partial charge in [-0.15, -0.1) is 0 Å². The van der Waals surface area contributed by atoms with E-state index in [-0.39, 0.29) is 12.1 Å². The third-order valence-electron chi connectivity index (χ3n) is 4.16. The van der Waals surface area contributed by atoms with Crippen LogP contribution in [-0.2, 0) is 4.74 Å². The largest absolute Gasteiger partial charge is 0.449 e. The molecule has 1 amide bonds. The van der Waals surface area contributed by atoms with Gasteiger partial charge in [0.25, 0.3) is 0 Å². The summed E-state index contributed by atoms with van der Waals surface area (Å²) in [7, 11) is 1.81. The SMILES string of the molecule is CCCCOC(=O)N(C)[C@H](CN)CC1CCCCC1. The summed E-state index contributed by atoms with van der Waals surface area (Å²) in [6.07, 6.45) is 9.35. The molecule has 0 radical (unpaired) electrons. The molecule has 0 aromatic carbocycles. The molecular formula is C15H30N2O2. The van der Waals surface area contributed by atoms with Gasteiger partial charge in [0, 0.05) is 19.6 Å². The van der Waals surface area contributed by atoms with Gasteiger partial charge in [0.15, 0.2) is 0 Å². The summed E-state index contributed by atoms with van der Waals surface area (Å²) in [5, 5.41) is 0. The third kappa shape index (κ3) is 5.81. The number of carbonyl (C=O) groups is 1. The molecule has 0 bridgehead atoms. The maximum Gasteiger partial charge on any atom is 0.409 e. The van der Waals surface area contributed by atoms with Crippen molar-refractivity contribution < 1.29 is 9.53 Å². The van der Waals surface area contributed by atoms with Crippen LogP contribution in [0.3, 0.4) is 0 Å². The van der Waals surface area contributed by atoms with Crippen LogP contribution in [0.15, 0.2) is 0 Å². The van der Waals surface area contributed by atoms with E-state index < -0.39 is 0 Å². The van der Waals surface area contributed by atoms with Crippen LogP contribution < -0.4 is 5.73 Å². The number of ether oxygens (including phenoxy) is 1. The van der Waals surface area contributed by atoms with E-state index in [1.807, 2.05) is 7.05 Å². The minimum atomic E-state index is -0.222. The lowest BCUT2D eigenvalue weighted by Gasteiger charge is -2.31. The van der Waals surface area contributed by atoms with Crippen LogP contribution in [-0.4, -0.2) is 37.2 Å². The van der Waals surface area contributed by atoms with Crippen molar-refractivity contribution in [3.05, 3.63) is 0 Å². The number of likely N-dealkylation sites (N-methyl/N-ethyl adjacent to an activating group) is 1. The highest BCUT2D eigenvalue weighted by atomic mass is 16.6. The second kappa shape index (κ2) is 9.18. The number of nitrogens with zero attached hydrogens (tertiary/aromatic N) is 1. The molecule has 0 unspecified atom stereocenters. The highest BCUT2D eigenvalue weighted by Gasteiger charge is 2.24. The summed E-state index contributed by atoms with van der Waals surface area (Å²) >= 11 is 0. The minimum absolute atomic E-state index is 0.122. The zero-order valence-electron chi connectivity index (χ0n) is 12.6. The summed E-state index contributed by atoms with van der Waals surface area (Å²) < 4.78 is 5.25. The molecule has 1 aliphatic carbocycles. The number of hydrogen-bond donors (Lipinski definition) is 1. The Morgan fingerprint density at radius 2 is 2.05 bits per heavy atom. The van der Waals surface area contributed by atoms with Crippen molar-refractivity contribution in [3.8, 4) is 0 Å². The van der Waals surface area contributed by atoms with E-state index in [1.54, 1.807) is 4.90 Å². The fourth-order valence-corrected chi connectivity index (χ4v) is 2.77. The lowest BCUT2D eigenvalue weighted by molar-refractivity contribution is 0.0902. The van der Waals surface area contributed by atoms with E-state index >= 15 is 0 Å². The summed E-state index contributed by atoms with van der Waals surface area (Å²) in [5.74, 6) is 0.730. The number of hydrogen-bond acceptors (Lipinski definition) is 3. The van der Waals surface area contributed by atoms with Gasteiger partial charge in [-0.1, -0.05) is 45.4 Å². The maximum absolute atomic E-state index is 11.9. The number of rotatable bonds is 7. The Hall–Kier alpha value is -0.770. The van der Waals surface area contributed by atoms with Crippen molar-refractivity contribution in [2.24, 2.45) is 11.7 Å². The van der Waals surface area contributed by atoms with E-state index in [2.05, 4.69) is 6.92 Å². The molecule has 19 heavy (non-hydrogen) atoms. The molecule has 0 heterocycles. The number of unbranched alkanes of at least 4 members (excludes halogenated alkanes) is 1.